The molecule has 0 radical (unpaired) electrons. The van der Waals surface area contributed by atoms with Crippen molar-refractivity contribution in [1.29, 1.82) is 0 Å². The molecule has 0 saturated heterocycles. The van der Waals surface area contributed by atoms with Gasteiger partial charge in [0, 0.05) is 11.8 Å². The van der Waals surface area contributed by atoms with Crippen molar-refractivity contribution < 1.29 is 12.9 Å². The van der Waals surface area contributed by atoms with Crippen LogP contribution < -0.4 is 5.73 Å². The number of sulfone groups is 1. The molecule has 1 aromatic carbocycles. The first-order valence-corrected chi connectivity index (χ1v) is 7.56. The minimum Gasteiger partial charge on any atom is -0.338 e. The van der Waals surface area contributed by atoms with Crippen molar-refractivity contribution in [1.82, 2.24) is 10.1 Å². The quantitative estimate of drug-likeness (QED) is 0.908. The van der Waals surface area contributed by atoms with E-state index in [1.165, 1.54) is 0 Å². The summed E-state index contributed by atoms with van der Waals surface area (Å²) in [7, 11) is -3.37. The number of nitrogens with two attached hydrogens (primary N) is 1. The van der Waals surface area contributed by atoms with E-state index in [9.17, 15) is 8.42 Å². The molecule has 0 bridgehead atoms. The van der Waals surface area contributed by atoms with Crippen LogP contribution >= 0.6 is 0 Å². The number of nitrogens with zero attached hydrogens (tertiary/aromatic N) is 2. The summed E-state index contributed by atoms with van der Waals surface area (Å²) in [6, 6.07) is 3.37. The predicted molar refractivity (Wildman–Crippen MR) is 70.2 cm³/mol. The molecule has 2 N–H and O–H groups in total. The highest BCUT2D eigenvalue weighted by Crippen LogP contribution is 2.28. The molecular weight excluding hydrogens is 266 g/mol. The van der Waals surface area contributed by atoms with E-state index in [0.29, 0.717) is 5.56 Å². The summed E-state index contributed by atoms with van der Waals surface area (Å²) in [5, 5.41) is 3.77. The van der Waals surface area contributed by atoms with Gasteiger partial charge in [0.25, 0.3) is 0 Å². The lowest BCUT2D eigenvalue weighted by Gasteiger charge is -2.08. The zero-order valence-corrected chi connectivity index (χ0v) is 11.8. The van der Waals surface area contributed by atoms with E-state index in [2.05, 4.69) is 10.1 Å². The number of hydrogen-bond donors (Lipinski definition) is 1. The van der Waals surface area contributed by atoms with Gasteiger partial charge in [-0.15, -0.1) is 0 Å². The molecule has 0 amide bonds. The van der Waals surface area contributed by atoms with Gasteiger partial charge in [0.05, 0.1) is 11.4 Å². The van der Waals surface area contributed by atoms with E-state index in [0.717, 1.165) is 17.4 Å². The van der Waals surface area contributed by atoms with Crippen LogP contribution in [-0.2, 0) is 16.4 Å². The molecule has 19 heavy (non-hydrogen) atoms. The van der Waals surface area contributed by atoms with Gasteiger partial charge in [-0.2, -0.15) is 4.98 Å². The maximum atomic E-state index is 11.9. The number of hydrogen-bond acceptors (Lipinski definition) is 6. The summed E-state index contributed by atoms with van der Waals surface area (Å²) >= 11 is 0. The van der Waals surface area contributed by atoms with Crippen LogP contribution in [0.4, 0.5) is 0 Å². The van der Waals surface area contributed by atoms with Crippen molar-refractivity contribution in [3.63, 3.8) is 0 Å². The zero-order valence-electron chi connectivity index (χ0n) is 11.0. The third-order valence-corrected chi connectivity index (χ3v) is 4.02. The van der Waals surface area contributed by atoms with Crippen molar-refractivity contribution in [2.75, 3.05) is 6.26 Å². The van der Waals surface area contributed by atoms with Gasteiger partial charge in [0.15, 0.2) is 9.84 Å². The lowest BCUT2D eigenvalue weighted by Crippen LogP contribution is -2.03. The molecule has 0 fully saturated rings. The molecule has 0 spiro atoms. The van der Waals surface area contributed by atoms with Crippen LogP contribution in [0, 0.1) is 13.8 Å². The first kappa shape index (κ1) is 13.7. The molecule has 6 nitrogen and oxygen atoms in total. The van der Waals surface area contributed by atoms with Gasteiger partial charge in [0.2, 0.25) is 11.7 Å². The van der Waals surface area contributed by atoms with Gasteiger partial charge in [-0.25, -0.2) is 8.42 Å². The van der Waals surface area contributed by atoms with Crippen LogP contribution in [-0.4, -0.2) is 24.8 Å². The SMILES string of the molecule is Cc1cc(-c2noc(CN)n2)c(S(C)(=O)=O)cc1C. The molecule has 1 heterocycles. The average molecular weight is 281 g/mol. The van der Waals surface area contributed by atoms with Gasteiger partial charge < -0.3 is 10.3 Å². The third kappa shape index (κ3) is 2.66. The summed E-state index contributed by atoms with van der Waals surface area (Å²) in [5.74, 6) is 0.511. The molecule has 0 aliphatic heterocycles. The zero-order chi connectivity index (χ0) is 14.2. The maximum absolute atomic E-state index is 11.9. The van der Waals surface area contributed by atoms with Gasteiger partial charge in [0.1, 0.15) is 0 Å². The fourth-order valence-corrected chi connectivity index (χ4v) is 2.66. The van der Waals surface area contributed by atoms with Crippen molar-refractivity contribution in [2.45, 2.75) is 25.3 Å². The van der Waals surface area contributed by atoms with Gasteiger partial charge >= 0.3 is 0 Å². The molecule has 2 rings (SSSR count). The molecule has 0 aliphatic carbocycles. The molecule has 0 saturated carbocycles. The van der Waals surface area contributed by atoms with Crippen LogP contribution in [0.25, 0.3) is 11.4 Å². The summed E-state index contributed by atoms with van der Waals surface area (Å²) in [5.41, 5.74) is 7.70. The van der Waals surface area contributed by atoms with E-state index >= 15 is 0 Å². The Bertz CT molecular complexity index is 720. The van der Waals surface area contributed by atoms with Crippen LogP contribution in [0.15, 0.2) is 21.6 Å². The lowest BCUT2D eigenvalue weighted by atomic mass is 10.1. The van der Waals surface area contributed by atoms with Gasteiger partial charge in [-0.05, 0) is 37.1 Å². The van der Waals surface area contributed by atoms with Crippen molar-refractivity contribution in [3.05, 3.63) is 29.2 Å². The highest BCUT2D eigenvalue weighted by molar-refractivity contribution is 7.90. The van der Waals surface area contributed by atoms with E-state index < -0.39 is 9.84 Å². The topological polar surface area (TPSA) is 99.1 Å². The normalized spacial score (nSPS) is 11.8. The first-order valence-electron chi connectivity index (χ1n) is 5.67. The largest absolute Gasteiger partial charge is 0.338 e. The molecule has 102 valence electrons. The Kier molecular flexibility index (Phi) is 3.42. The number of aryl methyl sites for hydroxylation is 2. The standard InChI is InChI=1S/C12H15N3O3S/c1-7-4-9(12-14-11(6-13)18-15-12)10(5-8(7)2)19(3,16)17/h4-5H,6,13H2,1-3H3. The monoisotopic (exact) mass is 281 g/mol. The molecule has 0 aliphatic rings. The van der Waals surface area contributed by atoms with E-state index in [1.807, 2.05) is 13.8 Å². The average Bonchev–Trinajstić information content (AvgIpc) is 2.79. The van der Waals surface area contributed by atoms with Crippen molar-refractivity contribution >= 4 is 9.84 Å². The summed E-state index contributed by atoms with van der Waals surface area (Å²) < 4.78 is 28.6. The molecule has 0 unspecified atom stereocenters. The van der Waals surface area contributed by atoms with Gasteiger partial charge in [-0.1, -0.05) is 5.16 Å². The Morgan fingerprint density at radius 1 is 1.26 bits per heavy atom. The smallest absolute Gasteiger partial charge is 0.240 e. The fraction of sp³-hybridized carbons (Fsp3) is 0.333. The second-order valence-corrected chi connectivity index (χ2v) is 6.40. The second kappa shape index (κ2) is 4.75. The van der Waals surface area contributed by atoms with E-state index in [1.54, 1.807) is 12.1 Å². The Morgan fingerprint density at radius 3 is 2.42 bits per heavy atom. The highest BCUT2D eigenvalue weighted by Gasteiger charge is 2.19. The summed E-state index contributed by atoms with van der Waals surface area (Å²) in [6.45, 7) is 3.87. The Balaban J connectivity index is 2.71. The fourth-order valence-electron chi connectivity index (χ4n) is 1.72. The van der Waals surface area contributed by atoms with E-state index in [4.69, 9.17) is 10.3 Å². The molecule has 0 atom stereocenters. The second-order valence-electron chi connectivity index (χ2n) is 4.42. The Hall–Kier alpha value is -1.73. The van der Waals surface area contributed by atoms with Gasteiger partial charge in [-0.3, -0.25) is 0 Å². The Morgan fingerprint density at radius 2 is 1.89 bits per heavy atom. The lowest BCUT2D eigenvalue weighted by molar-refractivity contribution is 0.380. The molecule has 1 aromatic heterocycles. The van der Waals surface area contributed by atoms with Crippen molar-refractivity contribution in [2.24, 2.45) is 5.73 Å². The number of benzene rings is 1. The number of rotatable bonds is 3. The Labute approximate surface area is 111 Å². The minimum atomic E-state index is -3.37. The van der Waals surface area contributed by atoms with Crippen LogP contribution in [0.5, 0.6) is 0 Å². The highest BCUT2D eigenvalue weighted by atomic mass is 32.2. The molecule has 2 aromatic rings. The molecular formula is C12H15N3O3S. The minimum absolute atomic E-state index is 0.117. The summed E-state index contributed by atoms with van der Waals surface area (Å²) in [4.78, 5) is 4.27. The van der Waals surface area contributed by atoms with Crippen LogP contribution in [0.2, 0.25) is 0 Å². The van der Waals surface area contributed by atoms with Crippen LogP contribution in [0.3, 0.4) is 0 Å². The van der Waals surface area contributed by atoms with Crippen LogP contribution in [0.1, 0.15) is 17.0 Å². The first-order chi connectivity index (χ1) is 8.82. The maximum Gasteiger partial charge on any atom is 0.240 e. The van der Waals surface area contributed by atoms with E-state index in [-0.39, 0.29) is 23.2 Å². The van der Waals surface area contributed by atoms with Crippen molar-refractivity contribution in [3.8, 4) is 11.4 Å². The summed E-state index contributed by atoms with van der Waals surface area (Å²) in [6.07, 6.45) is 1.16. The molecule has 7 heteroatoms. The predicted octanol–water partition coefficient (Wildman–Crippen LogP) is 1.22. The number of aromatic nitrogens is 2. The third-order valence-electron chi connectivity index (χ3n) is 2.88.